The molecular weight excluding hydrogens is 264 g/mol. The van der Waals surface area contributed by atoms with Crippen LogP contribution in [0.4, 0.5) is 0 Å². The number of hydrogen-bond donors (Lipinski definition) is 1. The summed E-state index contributed by atoms with van der Waals surface area (Å²) in [5.74, 6) is 0. The Morgan fingerprint density at radius 3 is 2.37 bits per heavy atom. The fraction of sp³-hybridized carbons (Fsp3) is 0.462. The lowest BCUT2D eigenvalue weighted by atomic mass is 10.2. The lowest BCUT2D eigenvalue weighted by Gasteiger charge is -2.21. The molecular formula is C13H18N2O3S. The van der Waals surface area contributed by atoms with Crippen molar-refractivity contribution in [3.63, 3.8) is 0 Å². The van der Waals surface area contributed by atoms with Crippen LogP contribution >= 0.6 is 0 Å². The molecule has 0 bridgehead atoms. The first-order chi connectivity index (χ1) is 9.06. The van der Waals surface area contributed by atoms with Crippen LogP contribution in [0.15, 0.2) is 29.2 Å². The van der Waals surface area contributed by atoms with Gasteiger partial charge in [-0.15, -0.1) is 0 Å². The van der Waals surface area contributed by atoms with Gasteiger partial charge in [-0.1, -0.05) is 13.3 Å². The van der Waals surface area contributed by atoms with Crippen LogP contribution in [0.2, 0.25) is 0 Å². The topological polar surface area (TPSA) is 81.4 Å². The van der Waals surface area contributed by atoms with Gasteiger partial charge in [-0.3, -0.25) is 0 Å². The van der Waals surface area contributed by atoms with Crippen LogP contribution in [-0.2, 0) is 10.0 Å². The molecule has 1 aromatic carbocycles. The maximum absolute atomic E-state index is 12.4. The molecule has 0 unspecified atom stereocenters. The first-order valence-corrected chi connectivity index (χ1v) is 7.61. The number of benzene rings is 1. The van der Waals surface area contributed by atoms with Crippen LogP contribution < -0.4 is 0 Å². The number of nitriles is 1. The van der Waals surface area contributed by atoms with Gasteiger partial charge in [-0.2, -0.15) is 9.57 Å². The Morgan fingerprint density at radius 1 is 1.26 bits per heavy atom. The molecule has 0 aliphatic carbocycles. The standard InChI is InChI=1S/C13H18N2O3S/c1-2-3-8-15(9-10-16)19(17,18)13-6-4-12(11-14)5-7-13/h4-7,16H,2-3,8-10H2,1H3. The number of sulfonamides is 1. The molecule has 0 aliphatic heterocycles. The van der Waals surface area contributed by atoms with E-state index in [1.54, 1.807) is 0 Å². The van der Waals surface area contributed by atoms with Crippen molar-refractivity contribution in [2.75, 3.05) is 19.7 Å². The van der Waals surface area contributed by atoms with Gasteiger partial charge in [0.1, 0.15) is 0 Å². The second-order valence-corrected chi connectivity index (χ2v) is 6.06. The number of rotatable bonds is 7. The molecule has 19 heavy (non-hydrogen) atoms. The van der Waals surface area contributed by atoms with Gasteiger partial charge in [-0.25, -0.2) is 8.42 Å². The van der Waals surface area contributed by atoms with Crippen molar-refractivity contribution in [1.29, 1.82) is 5.26 Å². The molecule has 0 spiro atoms. The molecule has 5 nitrogen and oxygen atoms in total. The van der Waals surface area contributed by atoms with Crippen LogP contribution in [0, 0.1) is 11.3 Å². The Balaban J connectivity index is 3.00. The molecule has 1 N–H and O–H groups in total. The molecule has 1 rings (SSSR count). The maximum Gasteiger partial charge on any atom is 0.243 e. The highest BCUT2D eigenvalue weighted by molar-refractivity contribution is 7.89. The predicted octanol–water partition coefficient (Wildman–Crippen LogP) is 1.34. The summed E-state index contributed by atoms with van der Waals surface area (Å²) >= 11 is 0. The third-order valence-corrected chi connectivity index (χ3v) is 4.64. The van der Waals surface area contributed by atoms with Gasteiger partial charge < -0.3 is 5.11 Å². The Labute approximate surface area is 114 Å². The van der Waals surface area contributed by atoms with Crippen molar-refractivity contribution in [2.24, 2.45) is 0 Å². The fourth-order valence-corrected chi connectivity index (χ4v) is 3.12. The Bertz CT molecular complexity index is 532. The number of nitrogens with zero attached hydrogens (tertiary/aromatic N) is 2. The van der Waals surface area contributed by atoms with Crippen LogP contribution in [0.3, 0.4) is 0 Å². The van der Waals surface area contributed by atoms with E-state index in [2.05, 4.69) is 0 Å². The average Bonchev–Trinajstić information content (AvgIpc) is 2.43. The van der Waals surface area contributed by atoms with Crippen molar-refractivity contribution in [1.82, 2.24) is 4.31 Å². The summed E-state index contributed by atoms with van der Waals surface area (Å²) in [7, 11) is -3.60. The van der Waals surface area contributed by atoms with E-state index < -0.39 is 10.0 Å². The van der Waals surface area contributed by atoms with Crippen molar-refractivity contribution >= 4 is 10.0 Å². The number of hydrogen-bond acceptors (Lipinski definition) is 4. The zero-order chi connectivity index (χ0) is 14.3. The SMILES string of the molecule is CCCCN(CCO)S(=O)(=O)c1ccc(C#N)cc1. The molecule has 6 heteroatoms. The smallest absolute Gasteiger partial charge is 0.243 e. The molecule has 104 valence electrons. The molecule has 0 saturated carbocycles. The van der Waals surface area contributed by atoms with Crippen LogP contribution in [0.1, 0.15) is 25.3 Å². The minimum absolute atomic E-state index is 0.0856. The minimum atomic E-state index is -3.60. The van der Waals surface area contributed by atoms with E-state index in [0.717, 1.165) is 12.8 Å². The van der Waals surface area contributed by atoms with E-state index in [-0.39, 0.29) is 18.0 Å². The minimum Gasteiger partial charge on any atom is -0.395 e. The highest BCUT2D eigenvalue weighted by Crippen LogP contribution is 2.16. The second-order valence-electron chi connectivity index (χ2n) is 4.12. The third-order valence-electron chi connectivity index (χ3n) is 2.73. The Hall–Kier alpha value is -1.42. The van der Waals surface area contributed by atoms with Crippen LogP contribution in [0.5, 0.6) is 0 Å². The van der Waals surface area contributed by atoms with Gasteiger partial charge in [0.05, 0.1) is 23.1 Å². The van der Waals surface area contributed by atoms with Crippen molar-refractivity contribution in [2.45, 2.75) is 24.7 Å². The summed E-state index contributed by atoms with van der Waals surface area (Å²) in [4.78, 5) is 0.149. The highest BCUT2D eigenvalue weighted by atomic mass is 32.2. The first-order valence-electron chi connectivity index (χ1n) is 6.17. The van der Waals surface area contributed by atoms with Crippen LogP contribution in [-0.4, -0.2) is 37.5 Å². The Kier molecular flexibility index (Phi) is 5.96. The molecule has 0 aromatic heterocycles. The highest BCUT2D eigenvalue weighted by Gasteiger charge is 2.23. The normalized spacial score (nSPS) is 11.5. The third kappa shape index (κ3) is 4.03. The Morgan fingerprint density at radius 2 is 1.89 bits per heavy atom. The molecule has 0 aliphatic rings. The van der Waals surface area contributed by atoms with Crippen molar-refractivity contribution < 1.29 is 13.5 Å². The molecule has 1 aromatic rings. The van der Waals surface area contributed by atoms with E-state index in [0.29, 0.717) is 12.1 Å². The number of aliphatic hydroxyl groups excluding tert-OH is 1. The molecule has 0 heterocycles. The number of aliphatic hydroxyl groups is 1. The second kappa shape index (κ2) is 7.24. The maximum atomic E-state index is 12.4. The molecule has 0 atom stereocenters. The lowest BCUT2D eigenvalue weighted by molar-refractivity contribution is 0.252. The van der Waals surface area contributed by atoms with Gasteiger partial charge in [0.2, 0.25) is 10.0 Å². The monoisotopic (exact) mass is 282 g/mol. The molecule has 0 fully saturated rings. The van der Waals surface area contributed by atoms with E-state index in [1.807, 2.05) is 13.0 Å². The van der Waals surface area contributed by atoms with Gasteiger partial charge in [0.15, 0.2) is 0 Å². The fourth-order valence-electron chi connectivity index (χ4n) is 1.65. The molecule has 0 amide bonds. The summed E-state index contributed by atoms with van der Waals surface area (Å²) in [6, 6.07) is 7.74. The van der Waals surface area contributed by atoms with E-state index in [1.165, 1.54) is 28.6 Å². The van der Waals surface area contributed by atoms with Crippen LogP contribution in [0.25, 0.3) is 0 Å². The number of unbranched alkanes of at least 4 members (excludes halogenated alkanes) is 1. The van der Waals surface area contributed by atoms with Gasteiger partial charge >= 0.3 is 0 Å². The van der Waals surface area contributed by atoms with Crippen molar-refractivity contribution in [3.05, 3.63) is 29.8 Å². The van der Waals surface area contributed by atoms with E-state index in [9.17, 15) is 8.42 Å². The quantitative estimate of drug-likeness (QED) is 0.818. The van der Waals surface area contributed by atoms with E-state index >= 15 is 0 Å². The zero-order valence-corrected chi connectivity index (χ0v) is 11.7. The van der Waals surface area contributed by atoms with E-state index in [4.69, 9.17) is 10.4 Å². The van der Waals surface area contributed by atoms with Gasteiger partial charge in [-0.05, 0) is 30.7 Å². The lowest BCUT2D eigenvalue weighted by Crippen LogP contribution is -2.34. The molecule has 0 saturated heterocycles. The van der Waals surface area contributed by atoms with Crippen molar-refractivity contribution in [3.8, 4) is 6.07 Å². The summed E-state index contributed by atoms with van der Waals surface area (Å²) in [6.07, 6.45) is 1.63. The van der Waals surface area contributed by atoms with Gasteiger partial charge in [0.25, 0.3) is 0 Å². The molecule has 0 radical (unpaired) electrons. The predicted molar refractivity (Wildman–Crippen MR) is 71.9 cm³/mol. The summed E-state index contributed by atoms with van der Waals surface area (Å²) in [6.45, 7) is 2.24. The summed E-state index contributed by atoms with van der Waals surface area (Å²) in [5.41, 5.74) is 0.418. The largest absolute Gasteiger partial charge is 0.395 e. The summed E-state index contributed by atoms with van der Waals surface area (Å²) in [5, 5.41) is 17.7. The summed E-state index contributed by atoms with van der Waals surface area (Å²) < 4.78 is 26.0. The van der Waals surface area contributed by atoms with Gasteiger partial charge in [0, 0.05) is 13.1 Å². The zero-order valence-electron chi connectivity index (χ0n) is 10.9. The average molecular weight is 282 g/mol. The first kappa shape index (κ1) is 15.6.